The summed E-state index contributed by atoms with van der Waals surface area (Å²) < 4.78 is 3.29. The maximum absolute atomic E-state index is 11.8. The molecule has 0 unspecified atom stereocenters. The van der Waals surface area contributed by atoms with Crippen LogP contribution in [0.4, 0.5) is 0 Å². The van der Waals surface area contributed by atoms with Crippen LogP contribution in [0.2, 0.25) is 0 Å². The minimum atomic E-state index is -0.0218. The van der Waals surface area contributed by atoms with E-state index in [2.05, 4.69) is 0 Å². The van der Waals surface area contributed by atoms with Crippen molar-refractivity contribution in [2.75, 3.05) is 0 Å². The van der Waals surface area contributed by atoms with Crippen LogP contribution < -0.4 is 5.69 Å². The highest BCUT2D eigenvalue weighted by Crippen LogP contribution is 2.33. The Labute approximate surface area is 87.5 Å². The minimum Gasteiger partial charge on any atom is -0.297 e. The fraction of sp³-hybridized carbons (Fsp3) is 0.636. The molecule has 0 aromatic carbocycles. The zero-order valence-electron chi connectivity index (χ0n) is 8.56. The van der Waals surface area contributed by atoms with Gasteiger partial charge in [-0.15, -0.1) is 0 Å². The molecule has 0 saturated heterocycles. The molecule has 0 aliphatic heterocycles. The lowest BCUT2D eigenvalue weighted by Crippen LogP contribution is -2.26. The first-order valence-corrected chi connectivity index (χ1v) is 5.55. The molecule has 0 bridgehead atoms. The fourth-order valence-corrected chi connectivity index (χ4v) is 1.88. The predicted molar refractivity (Wildman–Crippen MR) is 54.7 cm³/mol. The van der Waals surface area contributed by atoms with Crippen molar-refractivity contribution >= 4 is 5.78 Å². The van der Waals surface area contributed by atoms with Gasteiger partial charge in [0.15, 0.2) is 5.78 Å². The Morgan fingerprint density at radius 2 is 2.00 bits per heavy atom. The van der Waals surface area contributed by atoms with E-state index < -0.39 is 0 Å². The molecule has 0 spiro atoms. The van der Waals surface area contributed by atoms with E-state index in [1.54, 1.807) is 21.5 Å². The normalized spacial score (nSPS) is 20.5. The second-order valence-corrected chi connectivity index (χ2v) is 4.59. The first-order chi connectivity index (χ1) is 7.25. The second-order valence-electron chi connectivity index (χ2n) is 4.59. The summed E-state index contributed by atoms with van der Waals surface area (Å²) in [5.41, 5.74) is -0.0218. The van der Waals surface area contributed by atoms with Crippen molar-refractivity contribution in [2.24, 2.45) is 5.92 Å². The molecule has 2 aliphatic carbocycles. The molecule has 80 valence electrons. The van der Waals surface area contributed by atoms with Crippen molar-refractivity contribution in [3.05, 3.63) is 22.9 Å². The number of hydrogen-bond donors (Lipinski definition) is 0. The lowest BCUT2D eigenvalue weighted by Gasteiger charge is -1.99. The van der Waals surface area contributed by atoms with E-state index in [-0.39, 0.29) is 23.9 Å². The van der Waals surface area contributed by atoms with Crippen LogP contribution in [-0.4, -0.2) is 14.9 Å². The number of hydrogen-bond acceptors (Lipinski definition) is 2. The lowest BCUT2D eigenvalue weighted by atomic mass is 10.3. The van der Waals surface area contributed by atoms with Crippen LogP contribution in [0.25, 0.3) is 0 Å². The van der Waals surface area contributed by atoms with Gasteiger partial charge in [0.25, 0.3) is 0 Å². The smallest absolute Gasteiger partial charge is 0.297 e. The molecule has 1 aromatic heterocycles. The fourth-order valence-electron chi connectivity index (χ4n) is 1.88. The van der Waals surface area contributed by atoms with Crippen molar-refractivity contribution in [1.29, 1.82) is 0 Å². The highest BCUT2D eigenvalue weighted by atomic mass is 16.2. The van der Waals surface area contributed by atoms with Crippen LogP contribution >= 0.6 is 0 Å². The summed E-state index contributed by atoms with van der Waals surface area (Å²) in [6, 6.07) is 0.398. The van der Waals surface area contributed by atoms with Gasteiger partial charge in [0.2, 0.25) is 0 Å². The Morgan fingerprint density at radius 1 is 1.27 bits per heavy atom. The van der Waals surface area contributed by atoms with Gasteiger partial charge < -0.3 is 0 Å². The Balaban J connectivity index is 1.79. The van der Waals surface area contributed by atoms with Crippen LogP contribution in [0.3, 0.4) is 0 Å². The average molecular weight is 206 g/mol. The average Bonchev–Trinajstić information content (AvgIpc) is 3.10. The zero-order chi connectivity index (χ0) is 10.4. The second kappa shape index (κ2) is 3.08. The molecule has 0 amide bonds. The molecule has 15 heavy (non-hydrogen) atoms. The molecule has 0 N–H and O–H groups in total. The number of carbonyl (C=O) groups excluding carboxylic acids is 1. The summed E-state index contributed by atoms with van der Waals surface area (Å²) in [6.45, 7) is 0.267. The summed E-state index contributed by atoms with van der Waals surface area (Å²) in [5.74, 6) is 0.451. The van der Waals surface area contributed by atoms with Crippen molar-refractivity contribution in [3.8, 4) is 0 Å². The maximum atomic E-state index is 11.8. The van der Waals surface area contributed by atoms with Gasteiger partial charge in [0.05, 0.1) is 6.54 Å². The maximum Gasteiger partial charge on any atom is 0.328 e. The molecular weight excluding hydrogens is 192 g/mol. The van der Waals surface area contributed by atoms with Crippen LogP contribution in [0.1, 0.15) is 31.7 Å². The van der Waals surface area contributed by atoms with Crippen molar-refractivity contribution < 1.29 is 4.79 Å². The molecule has 4 heteroatoms. The van der Waals surface area contributed by atoms with Gasteiger partial charge in [-0.05, 0) is 25.7 Å². The van der Waals surface area contributed by atoms with Gasteiger partial charge >= 0.3 is 5.69 Å². The van der Waals surface area contributed by atoms with Gasteiger partial charge in [-0.2, -0.15) is 0 Å². The first kappa shape index (κ1) is 8.95. The molecule has 2 saturated carbocycles. The van der Waals surface area contributed by atoms with E-state index in [0.29, 0.717) is 6.04 Å². The molecule has 1 aromatic rings. The topological polar surface area (TPSA) is 44.0 Å². The third kappa shape index (κ3) is 1.64. The highest BCUT2D eigenvalue weighted by molar-refractivity contribution is 5.82. The summed E-state index contributed by atoms with van der Waals surface area (Å²) in [7, 11) is 0. The predicted octanol–water partition coefficient (Wildman–Crippen LogP) is 0.964. The summed E-state index contributed by atoms with van der Waals surface area (Å²) in [6.07, 6.45) is 7.76. The molecule has 0 radical (unpaired) electrons. The Hall–Kier alpha value is -1.32. The molecule has 2 fully saturated rings. The monoisotopic (exact) mass is 206 g/mol. The standard InChI is InChI=1S/C11H14N2O2/c14-10(8-1-2-8)7-12-5-6-13(11(12)15)9-3-4-9/h5-6,8-9H,1-4,7H2. The number of nitrogens with zero attached hydrogens (tertiary/aromatic N) is 2. The molecule has 2 aliphatic rings. The van der Waals surface area contributed by atoms with Crippen LogP contribution in [0.15, 0.2) is 17.2 Å². The zero-order valence-corrected chi connectivity index (χ0v) is 8.56. The molecule has 3 rings (SSSR count). The Morgan fingerprint density at radius 3 is 2.60 bits per heavy atom. The third-order valence-electron chi connectivity index (χ3n) is 3.17. The van der Waals surface area contributed by atoms with E-state index in [0.717, 1.165) is 25.7 Å². The Kier molecular flexibility index (Phi) is 1.84. The van der Waals surface area contributed by atoms with Crippen molar-refractivity contribution in [2.45, 2.75) is 38.3 Å². The first-order valence-electron chi connectivity index (χ1n) is 5.55. The summed E-state index contributed by atoms with van der Waals surface area (Å²) >= 11 is 0. The number of rotatable bonds is 4. The highest BCUT2D eigenvalue weighted by Gasteiger charge is 2.30. The molecule has 1 heterocycles. The van der Waals surface area contributed by atoms with E-state index >= 15 is 0 Å². The van der Waals surface area contributed by atoms with E-state index in [1.165, 1.54) is 0 Å². The van der Waals surface area contributed by atoms with E-state index in [9.17, 15) is 9.59 Å². The van der Waals surface area contributed by atoms with Crippen LogP contribution in [0, 0.1) is 5.92 Å². The number of carbonyl (C=O) groups is 1. The van der Waals surface area contributed by atoms with Gasteiger partial charge in [0, 0.05) is 24.4 Å². The molecular formula is C11H14N2O2. The Bertz CT molecular complexity index is 449. The number of ketones is 1. The molecule has 0 atom stereocenters. The van der Waals surface area contributed by atoms with E-state index in [1.807, 2.05) is 0 Å². The van der Waals surface area contributed by atoms with Crippen LogP contribution in [-0.2, 0) is 11.3 Å². The minimum absolute atomic E-state index is 0.0218. The quantitative estimate of drug-likeness (QED) is 0.736. The van der Waals surface area contributed by atoms with Gasteiger partial charge in [0.1, 0.15) is 0 Å². The number of imidazole rings is 1. The molecule has 4 nitrogen and oxygen atoms in total. The largest absolute Gasteiger partial charge is 0.328 e. The van der Waals surface area contributed by atoms with Gasteiger partial charge in [-0.1, -0.05) is 0 Å². The van der Waals surface area contributed by atoms with Gasteiger partial charge in [-0.3, -0.25) is 13.9 Å². The summed E-state index contributed by atoms with van der Waals surface area (Å²) in [4.78, 5) is 23.4. The number of aromatic nitrogens is 2. The SMILES string of the molecule is O=C(Cn1ccn(C2CC2)c1=O)C1CC1. The third-order valence-corrected chi connectivity index (χ3v) is 3.17. The summed E-state index contributed by atoms with van der Waals surface area (Å²) in [5, 5.41) is 0. The van der Waals surface area contributed by atoms with E-state index in [4.69, 9.17) is 0 Å². The van der Waals surface area contributed by atoms with Crippen molar-refractivity contribution in [3.63, 3.8) is 0 Å². The number of Topliss-reactive ketones (excluding diaryl/α,β-unsaturated/α-hetero) is 1. The van der Waals surface area contributed by atoms with Crippen molar-refractivity contribution in [1.82, 2.24) is 9.13 Å². The van der Waals surface area contributed by atoms with Gasteiger partial charge in [-0.25, -0.2) is 4.79 Å². The lowest BCUT2D eigenvalue weighted by molar-refractivity contribution is -0.120. The van der Waals surface area contributed by atoms with Crippen LogP contribution in [0.5, 0.6) is 0 Å².